The third-order valence-electron chi connectivity index (χ3n) is 4.45. The van der Waals surface area contributed by atoms with Gasteiger partial charge < -0.3 is 10.0 Å². The van der Waals surface area contributed by atoms with Crippen molar-refractivity contribution in [3.63, 3.8) is 0 Å². The number of aliphatic carboxylic acids is 1. The van der Waals surface area contributed by atoms with E-state index in [1.54, 1.807) is 25.1 Å². The molecule has 22 heavy (non-hydrogen) atoms. The third-order valence-corrected chi connectivity index (χ3v) is 4.45. The summed E-state index contributed by atoms with van der Waals surface area (Å²) >= 11 is 0. The first-order chi connectivity index (χ1) is 10.4. The van der Waals surface area contributed by atoms with Gasteiger partial charge in [-0.3, -0.25) is 14.9 Å². The van der Waals surface area contributed by atoms with Crippen LogP contribution in [-0.4, -0.2) is 32.8 Å². The summed E-state index contributed by atoms with van der Waals surface area (Å²) in [6, 6.07) is 6.23. The van der Waals surface area contributed by atoms with Crippen molar-refractivity contribution in [2.75, 3.05) is 0 Å². The van der Waals surface area contributed by atoms with Gasteiger partial charge in [0.15, 0.2) is 0 Å². The number of hydrogen-bond donors (Lipinski definition) is 1. The Morgan fingerprint density at radius 3 is 2.68 bits per heavy atom. The van der Waals surface area contributed by atoms with Gasteiger partial charge in [0.05, 0.1) is 11.0 Å². The zero-order valence-corrected chi connectivity index (χ0v) is 11.9. The molecule has 2 heterocycles. The zero-order valence-electron chi connectivity index (χ0n) is 11.9. The van der Waals surface area contributed by atoms with Crippen LogP contribution in [0, 0.1) is 16.0 Å². The van der Waals surface area contributed by atoms with Crippen molar-refractivity contribution in [1.82, 2.24) is 4.90 Å². The Morgan fingerprint density at radius 1 is 1.45 bits per heavy atom. The molecule has 0 saturated carbocycles. The topological polar surface area (TPSA) is 101 Å². The first-order valence-electron chi connectivity index (χ1n) is 6.90. The first-order valence-corrected chi connectivity index (χ1v) is 6.90. The SMILES string of the molecule is CC1=C(C(=O)O)N2C(=O)C[C@H]2C1Cc1ccccc1[N+](=O)[O-]. The summed E-state index contributed by atoms with van der Waals surface area (Å²) in [6.07, 6.45) is 0.646. The predicted molar refractivity (Wildman–Crippen MR) is 75.9 cm³/mol. The number of carboxylic acids is 1. The lowest BCUT2D eigenvalue weighted by molar-refractivity contribution is -0.385. The summed E-state index contributed by atoms with van der Waals surface area (Å²) in [5, 5.41) is 20.4. The molecular formula is C15H14N2O5. The van der Waals surface area contributed by atoms with Crippen molar-refractivity contribution in [3.05, 3.63) is 51.2 Å². The van der Waals surface area contributed by atoms with E-state index in [1.165, 1.54) is 11.0 Å². The largest absolute Gasteiger partial charge is 0.477 e. The van der Waals surface area contributed by atoms with E-state index < -0.39 is 10.9 Å². The summed E-state index contributed by atoms with van der Waals surface area (Å²) in [6.45, 7) is 1.69. The number of carboxylic acid groups (broad SMARTS) is 1. The average molecular weight is 302 g/mol. The molecule has 1 unspecified atom stereocenters. The summed E-state index contributed by atoms with van der Waals surface area (Å²) in [5.74, 6) is -1.52. The van der Waals surface area contributed by atoms with Crippen LogP contribution >= 0.6 is 0 Å². The van der Waals surface area contributed by atoms with Gasteiger partial charge in [-0.05, 0) is 18.9 Å². The van der Waals surface area contributed by atoms with E-state index in [0.29, 0.717) is 24.0 Å². The lowest BCUT2D eigenvalue weighted by Crippen LogP contribution is -2.52. The van der Waals surface area contributed by atoms with Crippen molar-refractivity contribution >= 4 is 17.6 Å². The molecule has 1 fully saturated rings. The number of fused-ring (bicyclic) bond motifs is 1. The Labute approximate surface area is 126 Å². The Morgan fingerprint density at radius 2 is 2.14 bits per heavy atom. The van der Waals surface area contributed by atoms with Crippen LogP contribution in [0.15, 0.2) is 35.5 Å². The first kappa shape index (κ1) is 14.2. The van der Waals surface area contributed by atoms with Gasteiger partial charge in [-0.1, -0.05) is 18.2 Å². The van der Waals surface area contributed by atoms with Crippen LogP contribution in [0.4, 0.5) is 5.69 Å². The van der Waals surface area contributed by atoms with Crippen LogP contribution in [0.1, 0.15) is 18.9 Å². The summed E-state index contributed by atoms with van der Waals surface area (Å²) < 4.78 is 0. The summed E-state index contributed by atoms with van der Waals surface area (Å²) in [5.41, 5.74) is 1.23. The number of carbonyl (C=O) groups is 2. The molecule has 3 rings (SSSR count). The number of nitro groups is 1. The highest BCUT2D eigenvalue weighted by Gasteiger charge is 2.52. The molecule has 1 aromatic rings. The van der Waals surface area contributed by atoms with Crippen molar-refractivity contribution < 1.29 is 19.6 Å². The molecule has 1 amide bonds. The number of nitrogens with zero attached hydrogens (tertiary/aromatic N) is 2. The van der Waals surface area contributed by atoms with Gasteiger partial charge >= 0.3 is 5.97 Å². The molecular weight excluding hydrogens is 288 g/mol. The van der Waals surface area contributed by atoms with Gasteiger partial charge in [0.25, 0.3) is 5.69 Å². The number of rotatable bonds is 4. The normalized spacial score (nSPS) is 23.3. The second kappa shape index (κ2) is 4.94. The van der Waals surface area contributed by atoms with Crippen molar-refractivity contribution in [2.45, 2.75) is 25.8 Å². The highest BCUT2D eigenvalue weighted by Crippen LogP contribution is 2.44. The lowest BCUT2D eigenvalue weighted by atomic mass is 9.84. The maximum absolute atomic E-state index is 11.7. The minimum atomic E-state index is -1.12. The van der Waals surface area contributed by atoms with E-state index in [4.69, 9.17) is 0 Å². The maximum atomic E-state index is 11.7. The van der Waals surface area contributed by atoms with E-state index in [-0.39, 0.29) is 29.3 Å². The standard InChI is InChI=1S/C15H14N2O5/c1-8-10(6-9-4-2-3-5-11(9)17(21)22)12-7-13(18)16(12)14(8)15(19)20/h2-5,10,12H,6-7H2,1H3,(H,19,20)/t10?,12-/m0/s1. The Hall–Kier alpha value is -2.70. The van der Waals surface area contributed by atoms with Crippen LogP contribution in [0.3, 0.4) is 0 Å². The monoisotopic (exact) mass is 302 g/mol. The number of para-hydroxylation sites is 1. The molecule has 0 spiro atoms. The smallest absolute Gasteiger partial charge is 0.352 e. The van der Waals surface area contributed by atoms with Gasteiger partial charge in [-0.25, -0.2) is 4.79 Å². The zero-order chi connectivity index (χ0) is 16.0. The number of amides is 1. The van der Waals surface area contributed by atoms with Gasteiger partial charge in [-0.15, -0.1) is 0 Å². The molecule has 0 radical (unpaired) electrons. The fourth-order valence-corrected chi connectivity index (χ4v) is 3.37. The van der Waals surface area contributed by atoms with E-state index in [1.807, 2.05) is 0 Å². The minimum Gasteiger partial charge on any atom is -0.477 e. The fraction of sp³-hybridized carbons (Fsp3) is 0.333. The molecule has 7 heteroatoms. The molecule has 0 aliphatic carbocycles. The Balaban J connectivity index is 1.95. The van der Waals surface area contributed by atoms with Crippen molar-refractivity contribution in [1.29, 1.82) is 0 Å². The minimum absolute atomic E-state index is 0.0243. The van der Waals surface area contributed by atoms with E-state index in [2.05, 4.69) is 0 Å². The van der Waals surface area contributed by atoms with Crippen molar-refractivity contribution in [3.8, 4) is 0 Å². The van der Waals surface area contributed by atoms with E-state index >= 15 is 0 Å². The van der Waals surface area contributed by atoms with E-state index in [0.717, 1.165) is 0 Å². The number of benzene rings is 1. The van der Waals surface area contributed by atoms with Crippen LogP contribution in [0.2, 0.25) is 0 Å². The van der Waals surface area contributed by atoms with Crippen LogP contribution in [-0.2, 0) is 16.0 Å². The number of hydrogen-bond acceptors (Lipinski definition) is 4. The van der Waals surface area contributed by atoms with Crippen LogP contribution < -0.4 is 0 Å². The molecule has 0 aromatic heterocycles. The van der Waals surface area contributed by atoms with Crippen molar-refractivity contribution in [2.24, 2.45) is 5.92 Å². The highest BCUT2D eigenvalue weighted by atomic mass is 16.6. The molecule has 2 atom stereocenters. The number of nitro benzene ring substituents is 1. The Kier molecular flexibility index (Phi) is 3.20. The van der Waals surface area contributed by atoms with Gasteiger partial charge in [0.1, 0.15) is 5.70 Å². The van der Waals surface area contributed by atoms with Gasteiger partial charge in [0.2, 0.25) is 5.91 Å². The Bertz CT molecular complexity index is 724. The second-order valence-electron chi connectivity index (χ2n) is 5.57. The molecule has 1 aromatic carbocycles. The summed E-state index contributed by atoms with van der Waals surface area (Å²) in [7, 11) is 0. The lowest BCUT2D eigenvalue weighted by Gasteiger charge is -2.38. The summed E-state index contributed by atoms with van der Waals surface area (Å²) in [4.78, 5) is 35.0. The maximum Gasteiger partial charge on any atom is 0.352 e. The predicted octanol–water partition coefficient (Wildman–Crippen LogP) is 1.73. The molecule has 7 nitrogen and oxygen atoms in total. The number of β-lactam (4-membered cyclic amide) rings is 1. The molecule has 0 bridgehead atoms. The van der Waals surface area contributed by atoms with Gasteiger partial charge in [0, 0.05) is 24.0 Å². The van der Waals surface area contributed by atoms with Crippen LogP contribution in [0.25, 0.3) is 0 Å². The highest BCUT2D eigenvalue weighted by molar-refractivity contribution is 5.98. The van der Waals surface area contributed by atoms with E-state index in [9.17, 15) is 24.8 Å². The fourth-order valence-electron chi connectivity index (χ4n) is 3.37. The van der Waals surface area contributed by atoms with Crippen LogP contribution in [0.5, 0.6) is 0 Å². The molecule has 114 valence electrons. The third kappa shape index (κ3) is 1.97. The second-order valence-corrected chi connectivity index (χ2v) is 5.57. The molecule has 1 saturated heterocycles. The molecule has 1 N–H and O–H groups in total. The quantitative estimate of drug-likeness (QED) is 0.518. The molecule has 2 aliphatic rings. The molecule has 2 aliphatic heterocycles. The number of carbonyl (C=O) groups excluding carboxylic acids is 1. The average Bonchev–Trinajstić information content (AvgIpc) is 2.68. The van der Waals surface area contributed by atoms with Gasteiger partial charge in [-0.2, -0.15) is 0 Å².